The van der Waals surface area contributed by atoms with Crippen LogP contribution in [0, 0.1) is 13.8 Å². The van der Waals surface area contributed by atoms with Crippen LogP contribution in [-0.2, 0) is 26.2 Å². The van der Waals surface area contributed by atoms with E-state index in [0.29, 0.717) is 23.7 Å². The van der Waals surface area contributed by atoms with Crippen LogP contribution in [0.4, 0.5) is 5.69 Å². The lowest BCUT2D eigenvalue weighted by molar-refractivity contribution is -0.140. The van der Waals surface area contributed by atoms with Gasteiger partial charge in [0, 0.05) is 31.1 Å². The predicted octanol–water partition coefficient (Wildman–Crippen LogP) is 4.06. The van der Waals surface area contributed by atoms with Gasteiger partial charge in [0.25, 0.3) is 0 Å². The van der Waals surface area contributed by atoms with Crippen molar-refractivity contribution >= 4 is 39.1 Å². The molecule has 2 aromatic rings. The Morgan fingerprint density at radius 2 is 1.71 bits per heavy atom. The molecule has 2 aromatic carbocycles. The van der Waals surface area contributed by atoms with Crippen LogP contribution >= 0.6 is 11.6 Å². The Morgan fingerprint density at radius 3 is 2.26 bits per heavy atom. The van der Waals surface area contributed by atoms with Crippen LogP contribution in [0.5, 0.6) is 0 Å². The molecule has 34 heavy (non-hydrogen) atoms. The highest BCUT2D eigenvalue weighted by Gasteiger charge is 2.27. The van der Waals surface area contributed by atoms with E-state index in [0.717, 1.165) is 22.9 Å². The Balaban J connectivity index is 2.19. The molecule has 0 unspecified atom stereocenters. The van der Waals surface area contributed by atoms with E-state index in [4.69, 9.17) is 11.6 Å². The molecule has 0 aromatic heterocycles. The maximum Gasteiger partial charge on any atom is 0.242 e. The Hall–Kier alpha value is -2.58. The van der Waals surface area contributed by atoms with Gasteiger partial charge in [-0.05, 0) is 69.0 Å². The molecule has 0 heterocycles. The van der Waals surface area contributed by atoms with E-state index in [1.54, 1.807) is 19.1 Å². The largest absolute Gasteiger partial charge is 0.355 e. The number of hydrogen-bond donors (Lipinski definition) is 1. The molecular weight excluding hydrogens is 474 g/mol. The third-order valence-electron chi connectivity index (χ3n) is 5.46. The van der Waals surface area contributed by atoms with Gasteiger partial charge in [-0.15, -0.1) is 0 Å². The van der Waals surface area contributed by atoms with E-state index in [2.05, 4.69) is 5.32 Å². The average molecular weight is 508 g/mol. The molecule has 0 saturated carbocycles. The van der Waals surface area contributed by atoms with Crippen molar-refractivity contribution in [1.29, 1.82) is 0 Å². The minimum atomic E-state index is -3.53. The highest BCUT2D eigenvalue weighted by atomic mass is 35.5. The van der Waals surface area contributed by atoms with E-state index in [-0.39, 0.29) is 31.3 Å². The molecule has 7 nitrogen and oxygen atoms in total. The SMILES string of the molecule is CCNC(=O)[C@H](C)N(Cc1ccccc1Cl)C(=O)CCCN(c1cc(C)cc(C)c1)S(C)(=O)=O. The fourth-order valence-corrected chi connectivity index (χ4v) is 4.96. The number of hydrogen-bond acceptors (Lipinski definition) is 4. The van der Waals surface area contributed by atoms with Gasteiger partial charge in [0.15, 0.2) is 0 Å². The number of aryl methyl sites for hydroxylation is 2. The number of amides is 2. The first kappa shape index (κ1) is 27.7. The van der Waals surface area contributed by atoms with E-state index >= 15 is 0 Å². The van der Waals surface area contributed by atoms with E-state index in [1.807, 2.05) is 51.1 Å². The summed E-state index contributed by atoms with van der Waals surface area (Å²) < 4.78 is 26.3. The Bertz CT molecular complexity index is 1100. The third kappa shape index (κ3) is 7.74. The molecule has 0 bridgehead atoms. The van der Waals surface area contributed by atoms with Crippen LogP contribution in [0.3, 0.4) is 0 Å². The zero-order chi connectivity index (χ0) is 25.5. The lowest BCUT2D eigenvalue weighted by Gasteiger charge is -2.29. The maximum atomic E-state index is 13.2. The van der Waals surface area contributed by atoms with Crippen LogP contribution in [0.25, 0.3) is 0 Å². The molecule has 0 aliphatic heterocycles. The first-order chi connectivity index (χ1) is 15.9. The Kier molecular flexibility index (Phi) is 9.94. The van der Waals surface area contributed by atoms with Crippen molar-refractivity contribution in [3.8, 4) is 0 Å². The highest BCUT2D eigenvalue weighted by molar-refractivity contribution is 7.92. The first-order valence-electron chi connectivity index (χ1n) is 11.3. The molecule has 0 radical (unpaired) electrons. The Morgan fingerprint density at radius 1 is 1.09 bits per heavy atom. The number of sulfonamides is 1. The monoisotopic (exact) mass is 507 g/mol. The number of carbonyl (C=O) groups excluding carboxylic acids is 2. The van der Waals surface area contributed by atoms with Crippen LogP contribution < -0.4 is 9.62 Å². The summed E-state index contributed by atoms with van der Waals surface area (Å²) >= 11 is 6.30. The van der Waals surface area contributed by atoms with Gasteiger partial charge in [-0.2, -0.15) is 0 Å². The summed E-state index contributed by atoms with van der Waals surface area (Å²) in [5.41, 5.74) is 3.24. The number of rotatable bonds is 11. The number of nitrogens with one attached hydrogen (secondary N) is 1. The minimum Gasteiger partial charge on any atom is -0.355 e. The highest BCUT2D eigenvalue weighted by Crippen LogP contribution is 2.23. The van der Waals surface area contributed by atoms with E-state index in [9.17, 15) is 18.0 Å². The average Bonchev–Trinajstić information content (AvgIpc) is 2.74. The fraction of sp³-hybridized carbons (Fsp3) is 0.440. The van der Waals surface area contributed by atoms with Crippen molar-refractivity contribution in [2.45, 2.75) is 53.1 Å². The van der Waals surface area contributed by atoms with E-state index < -0.39 is 16.1 Å². The molecule has 0 aliphatic carbocycles. The number of likely N-dealkylation sites (N-methyl/N-ethyl adjacent to an activating group) is 1. The van der Waals surface area contributed by atoms with Gasteiger partial charge in [0.05, 0.1) is 11.9 Å². The Labute approximate surface area is 208 Å². The van der Waals surface area contributed by atoms with Crippen molar-refractivity contribution in [3.05, 3.63) is 64.2 Å². The van der Waals surface area contributed by atoms with Gasteiger partial charge in [-0.1, -0.05) is 35.9 Å². The van der Waals surface area contributed by atoms with Gasteiger partial charge >= 0.3 is 0 Å². The summed E-state index contributed by atoms with van der Waals surface area (Å²) in [4.78, 5) is 27.2. The second-order valence-electron chi connectivity index (χ2n) is 8.47. The maximum absolute atomic E-state index is 13.2. The van der Waals surface area contributed by atoms with Gasteiger partial charge < -0.3 is 10.2 Å². The summed E-state index contributed by atoms with van der Waals surface area (Å²) in [5.74, 6) is -0.497. The van der Waals surface area contributed by atoms with Crippen LogP contribution in [-0.4, -0.2) is 50.5 Å². The zero-order valence-electron chi connectivity index (χ0n) is 20.5. The van der Waals surface area contributed by atoms with Gasteiger partial charge in [0.2, 0.25) is 21.8 Å². The molecule has 0 fully saturated rings. The third-order valence-corrected chi connectivity index (χ3v) is 7.03. The smallest absolute Gasteiger partial charge is 0.242 e. The quantitative estimate of drug-likeness (QED) is 0.497. The normalized spacial score (nSPS) is 12.2. The molecule has 9 heteroatoms. The standard InChI is InChI=1S/C25H34ClN3O4S/c1-6-27-25(31)20(4)28(17-21-10-7-8-11-23(21)26)24(30)12-9-13-29(34(5,32)33)22-15-18(2)14-19(3)16-22/h7-8,10-11,14-16,20H,6,9,12-13,17H2,1-5H3,(H,27,31)/t20-/m0/s1. The van der Waals surface area contributed by atoms with Crippen molar-refractivity contribution in [3.63, 3.8) is 0 Å². The molecule has 1 atom stereocenters. The minimum absolute atomic E-state index is 0.0883. The molecule has 2 amide bonds. The molecule has 0 aliphatic rings. The van der Waals surface area contributed by atoms with Gasteiger partial charge in [-0.3, -0.25) is 13.9 Å². The summed E-state index contributed by atoms with van der Waals surface area (Å²) in [6.45, 7) is 8.12. The van der Waals surface area contributed by atoms with Crippen molar-refractivity contribution in [1.82, 2.24) is 10.2 Å². The summed E-state index contributed by atoms with van der Waals surface area (Å²) in [5, 5.41) is 3.27. The second kappa shape index (κ2) is 12.2. The second-order valence-corrected chi connectivity index (χ2v) is 10.8. The van der Waals surface area contributed by atoms with Gasteiger partial charge in [0.1, 0.15) is 6.04 Å². The number of carbonyl (C=O) groups is 2. The molecule has 1 N–H and O–H groups in total. The number of halogens is 1. The topological polar surface area (TPSA) is 86.8 Å². The number of anilines is 1. The summed E-state index contributed by atoms with van der Waals surface area (Å²) in [7, 11) is -3.53. The lowest BCUT2D eigenvalue weighted by atomic mass is 10.1. The first-order valence-corrected chi connectivity index (χ1v) is 13.5. The molecular formula is C25H34ClN3O4S. The van der Waals surface area contributed by atoms with Gasteiger partial charge in [-0.25, -0.2) is 8.42 Å². The zero-order valence-corrected chi connectivity index (χ0v) is 22.0. The van der Waals surface area contributed by atoms with Crippen LogP contribution in [0.15, 0.2) is 42.5 Å². The molecule has 2 rings (SSSR count). The van der Waals surface area contributed by atoms with Crippen LogP contribution in [0.2, 0.25) is 5.02 Å². The van der Waals surface area contributed by atoms with Crippen LogP contribution in [0.1, 0.15) is 43.4 Å². The molecule has 0 spiro atoms. The van der Waals surface area contributed by atoms with Crippen molar-refractivity contribution in [2.24, 2.45) is 0 Å². The number of nitrogens with zero attached hydrogens (tertiary/aromatic N) is 2. The summed E-state index contributed by atoms with van der Waals surface area (Å²) in [6, 6.07) is 12.1. The molecule has 186 valence electrons. The fourth-order valence-electron chi connectivity index (χ4n) is 3.81. The van der Waals surface area contributed by atoms with Crippen molar-refractivity contribution in [2.75, 3.05) is 23.7 Å². The summed E-state index contributed by atoms with van der Waals surface area (Å²) in [6.07, 6.45) is 1.55. The van der Waals surface area contributed by atoms with Crippen molar-refractivity contribution < 1.29 is 18.0 Å². The predicted molar refractivity (Wildman–Crippen MR) is 137 cm³/mol. The van der Waals surface area contributed by atoms with E-state index in [1.165, 1.54) is 9.21 Å². The molecule has 0 saturated heterocycles. The lowest BCUT2D eigenvalue weighted by Crippen LogP contribution is -2.47. The number of benzene rings is 2.